The molecule has 1 aliphatic rings. The molecule has 12 heteroatoms. The summed E-state index contributed by atoms with van der Waals surface area (Å²) >= 11 is 4.80. The van der Waals surface area contributed by atoms with E-state index in [-0.39, 0.29) is 24.3 Å². The lowest BCUT2D eigenvalue weighted by atomic mass is 9.94. The Labute approximate surface area is 277 Å². The number of allylic oxidation sites excluding steroid dienone is 1. The van der Waals surface area contributed by atoms with Gasteiger partial charge in [0.2, 0.25) is 0 Å². The maximum Gasteiger partial charge on any atom is 0.338 e. The van der Waals surface area contributed by atoms with E-state index >= 15 is 0 Å². The number of carbonyl (C=O) groups is 1. The maximum absolute atomic E-state index is 14.2. The molecule has 2 heterocycles. The van der Waals surface area contributed by atoms with E-state index in [9.17, 15) is 14.9 Å². The summed E-state index contributed by atoms with van der Waals surface area (Å²) < 4.78 is 30.8. The molecule has 0 saturated carbocycles. The minimum absolute atomic E-state index is 0.155. The van der Waals surface area contributed by atoms with Gasteiger partial charge < -0.3 is 23.7 Å². The van der Waals surface area contributed by atoms with Crippen LogP contribution in [0.2, 0.25) is 0 Å². The summed E-state index contributed by atoms with van der Waals surface area (Å²) in [5.74, 6) is 1.17. The van der Waals surface area contributed by atoms with Crippen molar-refractivity contribution in [3.05, 3.63) is 112 Å². The topological polar surface area (TPSA) is 121 Å². The summed E-state index contributed by atoms with van der Waals surface area (Å²) in [6.45, 7) is 3.76. The average Bonchev–Trinajstić information content (AvgIpc) is 3.37. The minimum Gasteiger partial charge on any atom is -0.493 e. The van der Waals surface area contributed by atoms with Gasteiger partial charge in [0.05, 0.1) is 55.4 Å². The number of halogens is 1. The first kappa shape index (κ1) is 32.5. The van der Waals surface area contributed by atoms with Crippen LogP contribution in [0.5, 0.6) is 23.0 Å². The predicted octanol–water partition coefficient (Wildman–Crippen LogP) is 5.04. The molecule has 1 aromatic heterocycles. The van der Waals surface area contributed by atoms with Gasteiger partial charge >= 0.3 is 5.97 Å². The van der Waals surface area contributed by atoms with Gasteiger partial charge in [-0.25, -0.2) is 9.79 Å². The highest BCUT2D eigenvalue weighted by atomic mass is 79.9. The van der Waals surface area contributed by atoms with Crippen LogP contribution in [-0.4, -0.2) is 38.5 Å². The Balaban J connectivity index is 1.62. The summed E-state index contributed by atoms with van der Waals surface area (Å²) in [5.41, 5.74) is 2.79. The van der Waals surface area contributed by atoms with Crippen molar-refractivity contribution >= 4 is 39.3 Å². The largest absolute Gasteiger partial charge is 0.493 e. The molecule has 4 aromatic rings. The predicted molar refractivity (Wildman–Crippen MR) is 176 cm³/mol. The highest BCUT2D eigenvalue weighted by Crippen LogP contribution is 2.40. The van der Waals surface area contributed by atoms with Crippen molar-refractivity contribution in [2.24, 2.45) is 4.99 Å². The average molecular weight is 705 g/mol. The molecule has 0 radical (unpaired) electrons. The zero-order valence-electron chi connectivity index (χ0n) is 25.8. The Hall–Kier alpha value is -4.86. The molecule has 0 spiro atoms. The zero-order valence-corrected chi connectivity index (χ0v) is 28.2. The van der Waals surface area contributed by atoms with E-state index in [2.05, 4.69) is 27.0 Å². The van der Waals surface area contributed by atoms with Gasteiger partial charge in [-0.05, 0) is 49.8 Å². The molecule has 0 aliphatic carbocycles. The van der Waals surface area contributed by atoms with E-state index in [1.807, 2.05) is 12.1 Å². The fraction of sp³-hybridized carbons (Fsp3) is 0.235. The number of hydrogen-bond donors (Lipinski definition) is 0. The van der Waals surface area contributed by atoms with Crippen LogP contribution in [0.25, 0.3) is 6.08 Å². The molecule has 1 atom stereocenters. The molecule has 236 valence electrons. The first-order valence-corrected chi connectivity index (χ1v) is 15.8. The van der Waals surface area contributed by atoms with Crippen LogP contribution in [0.1, 0.15) is 42.1 Å². The van der Waals surface area contributed by atoms with Crippen LogP contribution in [-0.2, 0) is 16.1 Å². The third-order valence-electron chi connectivity index (χ3n) is 7.34. The quantitative estimate of drug-likeness (QED) is 0.211. The number of esters is 1. The van der Waals surface area contributed by atoms with E-state index < -0.39 is 12.0 Å². The lowest BCUT2D eigenvalue weighted by Crippen LogP contribution is -2.40. The Bertz CT molecular complexity index is 2080. The molecule has 0 saturated heterocycles. The Kier molecular flexibility index (Phi) is 9.94. The fourth-order valence-electron chi connectivity index (χ4n) is 5.20. The van der Waals surface area contributed by atoms with Gasteiger partial charge in [0.1, 0.15) is 12.6 Å². The van der Waals surface area contributed by atoms with Crippen molar-refractivity contribution in [3.63, 3.8) is 0 Å². The van der Waals surface area contributed by atoms with Gasteiger partial charge in [-0.2, -0.15) is 5.26 Å². The molecule has 0 fully saturated rings. The number of methoxy groups -OCH3 is 3. The smallest absolute Gasteiger partial charge is 0.338 e. The third-order valence-corrected chi connectivity index (χ3v) is 9.01. The van der Waals surface area contributed by atoms with Gasteiger partial charge in [0.15, 0.2) is 27.8 Å². The number of ether oxygens (including phenoxy) is 5. The lowest BCUT2D eigenvalue weighted by Gasteiger charge is -2.26. The van der Waals surface area contributed by atoms with E-state index in [1.54, 1.807) is 62.4 Å². The second kappa shape index (κ2) is 14.1. The molecule has 3 aromatic carbocycles. The molecular formula is C34H30BrN3O7S. The van der Waals surface area contributed by atoms with Gasteiger partial charge in [-0.15, -0.1) is 0 Å². The monoisotopic (exact) mass is 703 g/mol. The molecule has 0 unspecified atom stereocenters. The van der Waals surface area contributed by atoms with Crippen molar-refractivity contribution in [2.45, 2.75) is 26.5 Å². The summed E-state index contributed by atoms with van der Waals surface area (Å²) in [5, 5.41) is 9.42. The van der Waals surface area contributed by atoms with Crippen molar-refractivity contribution in [3.8, 4) is 29.1 Å². The Morgan fingerprint density at radius 2 is 1.83 bits per heavy atom. The number of nitriles is 1. The number of carbonyl (C=O) groups excluding carboxylic acids is 1. The Morgan fingerprint density at radius 1 is 1.07 bits per heavy atom. The van der Waals surface area contributed by atoms with Gasteiger partial charge in [0, 0.05) is 15.6 Å². The Morgan fingerprint density at radius 3 is 2.52 bits per heavy atom. The molecule has 1 aliphatic heterocycles. The van der Waals surface area contributed by atoms with Gasteiger partial charge in [-0.3, -0.25) is 9.36 Å². The maximum atomic E-state index is 14.2. The van der Waals surface area contributed by atoms with E-state index in [1.165, 1.54) is 37.2 Å². The highest BCUT2D eigenvalue weighted by molar-refractivity contribution is 9.10. The SMILES string of the molecule is CCOC(=O)C1=C(C)N=c2s/c(=C\c3cc(OC)c(OCc4ccccc4C#N)cc3Br)c(=O)n2[C@H]1c1cccc(OC)c1OC. The number of aromatic nitrogens is 1. The van der Waals surface area contributed by atoms with Crippen LogP contribution >= 0.6 is 27.3 Å². The molecule has 46 heavy (non-hydrogen) atoms. The first-order valence-electron chi connectivity index (χ1n) is 14.1. The van der Waals surface area contributed by atoms with Gasteiger partial charge in [0.25, 0.3) is 5.56 Å². The van der Waals surface area contributed by atoms with Crippen LogP contribution in [0.3, 0.4) is 0 Å². The number of fused-ring (bicyclic) bond motifs is 1. The molecule has 5 rings (SSSR count). The summed E-state index contributed by atoms with van der Waals surface area (Å²) in [4.78, 5) is 32.6. The van der Waals surface area contributed by atoms with Gasteiger partial charge in [-0.1, -0.05) is 57.6 Å². The number of benzene rings is 3. The van der Waals surface area contributed by atoms with Crippen molar-refractivity contribution < 1.29 is 28.5 Å². The van der Waals surface area contributed by atoms with E-state index in [0.717, 1.165) is 5.56 Å². The van der Waals surface area contributed by atoms with Crippen LogP contribution in [0.4, 0.5) is 0 Å². The standard InChI is InChI=1S/C34H30BrN3O7S/c1-6-44-33(40)29-19(2)37-34-38(30(29)23-12-9-13-25(41-3)31(23)43-5)32(39)28(46-34)15-22-14-26(42-4)27(16-24(22)35)45-18-21-11-8-7-10-20(21)17-36/h7-16,30H,6,18H2,1-5H3/b28-15-/t30-/m0/s1. The lowest BCUT2D eigenvalue weighted by molar-refractivity contribution is -0.139. The summed E-state index contributed by atoms with van der Waals surface area (Å²) in [7, 11) is 4.55. The summed E-state index contributed by atoms with van der Waals surface area (Å²) in [6, 6.07) is 17.3. The second-order valence-electron chi connectivity index (χ2n) is 9.97. The number of hydrogen-bond acceptors (Lipinski definition) is 10. The highest BCUT2D eigenvalue weighted by Gasteiger charge is 2.35. The van der Waals surface area contributed by atoms with Crippen molar-refractivity contribution in [2.75, 3.05) is 27.9 Å². The van der Waals surface area contributed by atoms with Crippen LogP contribution in [0, 0.1) is 11.3 Å². The normalized spacial score (nSPS) is 14.2. The number of nitrogens with zero attached hydrogens (tertiary/aromatic N) is 3. The number of rotatable bonds is 10. The van der Waals surface area contributed by atoms with Crippen molar-refractivity contribution in [1.82, 2.24) is 4.57 Å². The second-order valence-corrected chi connectivity index (χ2v) is 11.8. The van der Waals surface area contributed by atoms with E-state index in [0.29, 0.717) is 59.2 Å². The molecule has 0 amide bonds. The molecule has 10 nitrogen and oxygen atoms in total. The number of para-hydroxylation sites is 1. The zero-order chi connectivity index (χ0) is 33.0. The van der Waals surface area contributed by atoms with Crippen molar-refractivity contribution in [1.29, 1.82) is 5.26 Å². The van der Waals surface area contributed by atoms with E-state index in [4.69, 9.17) is 23.7 Å². The van der Waals surface area contributed by atoms with Crippen LogP contribution in [0.15, 0.2) is 80.1 Å². The fourth-order valence-corrected chi connectivity index (χ4v) is 6.67. The number of thiazole rings is 1. The van der Waals surface area contributed by atoms with Crippen LogP contribution < -0.4 is 33.8 Å². The molecular weight excluding hydrogens is 674 g/mol. The first-order chi connectivity index (χ1) is 22.3. The third kappa shape index (κ3) is 6.16. The summed E-state index contributed by atoms with van der Waals surface area (Å²) in [6.07, 6.45) is 1.73. The minimum atomic E-state index is -0.882. The molecule has 0 bridgehead atoms. The molecule has 0 N–H and O–H groups in total.